The second-order valence-electron chi connectivity index (χ2n) is 13.9. The van der Waals surface area contributed by atoms with E-state index in [0.29, 0.717) is 17.4 Å². The molecule has 0 aromatic heterocycles. The van der Waals surface area contributed by atoms with Gasteiger partial charge in [-0.2, -0.15) is 0 Å². The first-order chi connectivity index (χ1) is 22.5. The molecule has 0 aliphatic carbocycles. The van der Waals surface area contributed by atoms with Gasteiger partial charge in [0, 0.05) is 6.42 Å². The number of nitrogens with zero attached hydrogens (tertiary/aromatic N) is 1. The lowest BCUT2D eigenvalue weighted by Gasteiger charge is -2.29. The van der Waals surface area contributed by atoms with Crippen LogP contribution in [-0.2, 0) is 18.4 Å². The quantitative estimate of drug-likeness (QED) is 0.0309. The first kappa shape index (κ1) is 45.7. The number of carbonyl (C=O) groups is 1. The van der Waals surface area contributed by atoms with Crippen LogP contribution in [-0.4, -0.2) is 68.5 Å². The van der Waals surface area contributed by atoms with Crippen molar-refractivity contribution < 1.29 is 32.9 Å². The zero-order valence-corrected chi connectivity index (χ0v) is 31.9. The normalized spacial score (nSPS) is 15.1. The fraction of sp³-hybridized carbons (Fsp3) is 0.816. The van der Waals surface area contributed by atoms with Crippen molar-refractivity contribution >= 4 is 13.7 Å². The number of aliphatic hydroxyl groups is 1. The zero-order chi connectivity index (χ0) is 35.1. The highest BCUT2D eigenvalue weighted by Crippen LogP contribution is 2.38. The molecule has 0 saturated carbocycles. The molecule has 1 amide bonds. The van der Waals surface area contributed by atoms with Crippen LogP contribution < -0.4 is 10.2 Å². The fourth-order valence-corrected chi connectivity index (χ4v) is 5.71. The highest BCUT2D eigenvalue weighted by Gasteiger charge is 2.23. The summed E-state index contributed by atoms with van der Waals surface area (Å²) in [4.78, 5) is 25.1. The van der Waals surface area contributed by atoms with Crippen LogP contribution >= 0.6 is 7.82 Å². The number of aliphatic hydroxyl groups excluding tert-OH is 1. The molecule has 3 atom stereocenters. The summed E-state index contributed by atoms with van der Waals surface area (Å²) in [5, 5.41) is 13.6. The van der Waals surface area contributed by atoms with Gasteiger partial charge in [-0.1, -0.05) is 127 Å². The minimum Gasteiger partial charge on any atom is -0.756 e. The van der Waals surface area contributed by atoms with E-state index in [9.17, 15) is 19.4 Å². The van der Waals surface area contributed by atoms with Gasteiger partial charge in [0.2, 0.25) is 5.91 Å². The van der Waals surface area contributed by atoms with Gasteiger partial charge >= 0.3 is 0 Å². The van der Waals surface area contributed by atoms with Gasteiger partial charge in [-0.3, -0.25) is 9.36 Å². The largest absolute Gasteiger partial charge is 0.756 e. The van der Waals surface area contributed by atoms with Crippen LogP contribution in [0.3, 0.4) is 0 Å². The van der Waals surface area contributed by atoms with Crippen LogP contribution in [0.1, 0.15) is 149 Å². The molecule has 0 bridgehead atoms. The Morgan fingerprint density at radius 2 is 1.23 bits per heavy atom. The topological polar surface area (TPSA) is 108 Å². The third-order valence-electron chi connectivity index (χ3n) is 8.05. The Hall–Kier alpha value is -1.28. The number of phosphoric ester groups is 1. The van der Waals surface area contributed by atoms with E-state index in [1.54, 1.807) is 6.08 Å². The van der Waals surface area contributed by atoms with E-state index >= 15 is 0 Å². The Labute approximate surface area is 289 Å². The maximum absolute atomic E-state index is 12.7. The standard InChI is InChI=1S/C38H73N2O6P/c1-6-8-10-12-14-16-18-19-20-21-22-23-25-27-29-31-37(41)36(35-46-47(43,44)45-34-33-40(3,4)5)39-38(42)32-30-28-26-24-17-15-13-11-9-7-2/h11,13,22-23,29,31,36-37,41H,6-10,12,14-21,24-28,30,32-35H2,1-5H3,(H-,39,42,43,44)/b13-11-,23-22+,31-29+. The van der Waals surface area contributed by atoms with Gasteiger partial charge < -0.3 is 28.8 Å². The molecule has 0 spiro atoms. The lowest BCUT2D eigenvalue weighted by molar-refractivity contribution is -0.870. The average molecular weight is 685 g/mol. The van der Waals surface area contributed by atoms with E-state index in [4.69, 9.17) is 9.05 Å². The van der Waals surface area contributed by atoms with E-state index in [-0.39, 0.29) is 12.5 Å². The highest BCUT2D eigenvalue weighted by molar-refractivity contribution is 7.45. The van der Waals surface area contributed by atoms with Crippen LogP contribution in [0.2, 0.25) is 0 Å². The third kappa shape index (κ3) is 33.0. The van der Waals surface area contributed by atoms with Crippen molar-refractivity contribution in [3.05, 3.63) is 36.5 Å². The molecule has 0 fully saturated rings. The molecule has 0 aromatic rings. The molecule has 276 valence electrons. The summed E-state index contributed by atoms with van der Waals surface area (Å²) in [6, 6.07) is -0.903. The molecule has 0 aromatic carbocycles. The molecule has 8 nitrogen and oxygen atoms in total. The maximum atomic E-state index is 12.7. The van der Waals surface area contributed by atoms with E-state index in [0.717, 1.165) is 64.2 Å². The van der Waals surface area contributed by atoms with Gasteiger partial charge in [0.05, 0.1) is 39.9 Å². The van der Waals surface area contributed by atoms with Crippen LogP contribution in [0, 0.1) is 0 Å². The van der Waals surface area contributed by atoms with Crippen molar-refractivity contribution in [2.24, 2.45) is 0 Å². The van der Waals surface area contributed by atoms with E-state index < -0.39 is 26.6 Å². The molecule has 3 unspecified atom stereocenters. The fourth-order valence-electron chi connectivity index (χ4n) is 4.99. The Morgan fingerprint density at radius 3 is 1.81 bits per heavy atom. The molecule has 0 saturated heterocycles. The second-order valence-corrected chi connectivity index (χ2v) is 15.3. The summed E-state index contributed by atoms with van der Waals surface area (Å²) < 4.78 is 23.0. The van der Waals surface area contributed by atoms with Gasteiger partial charge in [-0.05, 0) is 51.4 Å². The van der Waals surface area contributed by atoms with Crippen LogP contribution in [0.4, 0.5) is 0 Å². The van der Waals surface area contributed by atoms with Crippen molar-refractivity contribution in [2.75, 3.05) is 40.9 Å². The van der Waals surface area contributed by atoms with Gasteiger partial charge in [-0.25, -0.2) is 0 Å². The molecular formula is C38H73N2O6P. The number of phosphoric acid groups is 1. The molecule has 0 aliphatic rings. The lowest BCUT2D eigenvalue weighted by Crippen LogP contribution is -2.45. The number of unbranched alkanes of at least 4 members (excludes halogenated alkanes) is 16. The number of hydrogen-bond donors (Lipinski definition) is 2. The molecule has 47 heavy (non-hydrogen) atoms. The molecule has 0 radical (unpaired) electrons. The average Bonchev–Trinajstić information content (AvgIpc) is 3.01. The monoisotopic (exact) mass is 685 g/mol. The maximum Gasteiger partial charge on any atom is 0.268 e. The smallest absolute Gasteiger partial charge is 0.268 e. The summed E-state index contributed by atoms with van der Waals surface area (Å²) in [5.41, 5.74) is 0. The lowest BCUT2D eigenvalue weighted by atomic mass is 10.1. The number of allylic oxidation sites excluding steroid dienone is 5. The third-order valence-corrected chi connectivity index (χ3v) is 9.02. The summed E-state index contributed by atoms with van der Waals surface area (Å²) >= 11 is 0. The van der Waals surface area contributed by atoms with E-state index in [1.807, 2.05) is 27.2 Å². The van der Waals surface area contributed by atoms with Crippen LogP contribution in [0.5, 0.6) is 0 Å². The predicted octanol–water partition coefficient (Wildman–Crippen LogP) is 8.94. The Bertz CT molecular complexity index is 871. The minimum atomic E-state index is -4.59. The number of quaternary nitrogens is 1. The zero-order valence-electron chi connectivity index (χ0n) is 31.0. The molecule has 0 rings (SSSR count). The van der Waals surface area contributed by atoms with Crippen molar-refractivity contribution in [1.29, 1.82) is 0 Å². The molecule has 0 heterocycles. The van der Waals surface area contributed by atoms with Gasteiger partial charge in [0.15, 0.2) is 0 Å². The summed E-state index contributed by atoms with van der Waals surface area (Å²) in [6.45, 7) is 4.52. The van der Waals surface area contributed by atoms with Crippen molar-refractivity contribution in [3.8, 4) is 0 Å². The number of carbonyl (C=O) groups excluding carboxylic acids is 1. The number of rotatable bonds is 33. The minimum absolute atomic E-state index is 0.00850. The van der Waals surface area contributed by atoms with Crippen molar-refractivity contribution in [2.45, 2.75) is 161 Å². The first-order valence-corrected chi connectivity index (χ1v) is 20.3. The van der Waals surface area contributed by atoms with Crippen molar-refractivity contribution in [1.82, 2.24) is 5.32 Å². The SMILES string of the molecule is CCC/C=C\CCCCCCCC(=O)NC(COP(=O)([O-])OCC[N+](C)(C)C)C(O)/C=C/CC/C=C/CCCCCCCCCCC. The van der Waals surface area contributed by atoms with Crippen LogP contribution in [0.15, 0.2) is 36.5 Å². The number of hydrogen-bond acceptors (Lipinski definition) is 6. The molecular weight excluding hydrogens is 611 g/mol. The van der Waals surface area contributed by atoms with E-state index in [2.05, 4.69) is 43.5 Å². The van der Waals surface area contributed by atoms with E-state index in [1.165, 1.54) is 64.2 Å². The second kappa shape index (κ2) is 30.8. The molecule has 2 N–H and O–H groups in total. The summed E-state index contributed by atoms with van der Waals surface area (Å²) in [5.74, 6) is -0.223. The van der Waals surface area contributed by atoms with Crippen LogP contribution in [0.25, 0.3) is 0 Å². The van der Waals surface area contributed by atoms with Gasteiger partial charge in [0.1, 0.15) is 13.2 Å². The Balaban J connectivity index is 4.61. The summed E-state index contributed by atoms with van der Waals surface area (Å²) in [7, 11) is 1.23. The number of likely N-dealkylation sites (N-methyl/N-ethyl adjacent to an activating group) is 1. The highest BCUT2D eigenvalue weighted by atomic mass is 31.2. The first-order valence-electron chi connectivity index (χ1n) is 18.9. The number of nitrogens with one attached hydrogen (secondary N) is 1. The Kier molecular flexibility index (Phi) is 29.9. The molecule has 9 heteroatoms. The van der Waals surface area contributed by atoms with Gasteiger partial charge in [-0.15, -0.1) is 0 Å². The number of amides is 1. The molecule has 0 aliphatic heterocycles. The van der Waals surface area contributed by atoms with Gasteiger partial charge in [0.25, 0.3) is 7.82 Å². The predicted molar refractivity (Wildman–Crippen MR) is 196 cm³/mol. The Morgan fingerprint density at radius 1 is 0.723 bits per heavy atom. The summed E-state index contributed by atoms with van der Waals surface area (Å²) in [6.07, 6.45) is 34.8. The van der Waals surface area contributed by atoms with Crippen molar-refractivity contribution in [3.63, 3.8) is 0 Å².